The highest BCUT2D eigenvalue weighted by Crippen LogP contribution is 2.32. The van der Waals surface area contributed by atoms with Crippen LogP contribution in [-0.4, -0.2) is 117 Å². The Labute approximate surface area is 364 Å². The minimum Gasteiger partial charge on any atom is -0.466 e. The Hall–Kier alpha value is 0.449. The van der Waals surface area contributed by atoms with E-state index in [0.717, 1.165) is 12.1 Å². The van der Waals surface area contributed by atoms with E-state index in [1.54, 1.807) is 13.8 Å². The van der Waals surface area contributed by atoms with E-state index in [1.807, 2.05) is 52.4 Å². The summed E-state index contributed by atoms with van der Waals surface area (Å²) in [5.41, 5.74) is 0.320. The first-order valence-electron chi connectivity index (χ1n) is 20.4. The molecular formula is C34H84O14Si10. The van der Waals surface area contributed by atoms with Crippen molar-refractivity contribution in [2.24, 2.45) is 0 Å². The number of hydrogen-bond donors (Lipinski definition) is 0. The molecule has 0 bridgehead atoms. The SMILES string of the molecule is C=C(C)C(=O)OC(C)OCCC[Si](C)(CCCOC(C)=O)O[Si](C)(C)O[Si](C)(C)O[Si](C)(C)O[Si](C)(C)O[Si](C)(C)O[Si](C)(C)O[Si](C)(C)O[Si](C)(C)O[Si](C)(C)C. The van der Waals surface area contributed by atoms with Crippen LogP contribution in [0.15, 0.2) is 12.2 Å². The van der Waals surface area contributed by atoms with Crippen LogP contribution in [-0.2, 0) is 60.8 Å². The van der Waals surface area contributed by atoms with Crippen LogP contribution in [0.5, 0.6) is 0 Å². The zero-order valence-electron chi connectivity index (χ0n) is 40.7. The van der Waals surface area contributed by atoms with Crippen molar-refractivity contribution in [1.82, 2.24) is 0 Å². The lowest BCUT2D eigenvalue weighted by atomic mass is 10.4. The van der Waals surface area contributed by atoms with Crippen LogP contribution in [0.4, 0.5) is 0 Å². The van der Waals surface area contributed by atoms with Crippen molar-refractivity contribution >= 4 is 97.1 Å². The van der Waals surface area contributed by atoms with E-state index in [1.165, 1.54) is 6.92 Å². The number of carbonyl (C=O) groups is 2. The molecule has 0 aliphatic carbocycles. The van der Waals surface area contributed by atoms with Gasteiger partial charge in [-0.2, -0.15) is 0 Å². The molecule has 0 spiro atoms. The van der Waals surface area contributed by atoms with Gasteiger partial charge in [0.15, 0.2) is 22.9 Å². The van der Waals surface area contributed by atoms with Crippen LogP contribution in [0.3, 0.4) is 0 Å². The summed E-state index contributed by atoms with van der Waals surface area (Å²) < 4.78 is 77.2. The molecule has 0 radical (unpaired) electrons. The Balaban J connectivity index is 5.70. The zero-order chi connectivity index (χ0) is 46.0. The van der Waals surface area contributed by atoms with Gasteiger partial charge in [-0.3, -0.25) is 4.79 Å². The fraction of sp³-hybridized carbons (Fsp3) is 0.882. The maximum atomic E-state index is 11.9. The monoisotopic (exact) mass is 996 g/mol. The molecule has 0 saturated carbocycles. The van der Waals surface area contributed by atoms with Gasteiger partial charge in [-0.1, -0.05) is 6.58 Å². The second-order valence-electron chi connectivity index (χ2n) is 19.9. The highest BCUT2D eigenvalue weighted by molar-refractivity contribution is 6.93. The molecule has 0 N–H and O–H groups in total. The summed E-state index contributed by atoms with van der Waals surface area (Å²) >= 11 is 0. The Kier molecular flexibility index (Phi) is 22.5. The van der Waals surface area contributed by atoms with Crippen molar-refractivity contribution in [3.05, 3.63) is 12.2 Å². The van der Waals surface area contributed by atoms with Crippen molar-refractivity contribution in [2.75, 3.05) is 13.2 Å². The molecule has 0 aliphatic rings. The first kappa shape index (κ1) is 58.4. The van der Waals surface area contributed by atoms with E-state index in [-0.39, 0.29) is 5.97 Å². The maximum Gasteiger partial charge on any atom is 0.335 e. The van der Waals surface area contributed by atoms with Crippen molar-refractivity contribution in [3.63, 3.8) is 0 Å². The van der Waals surface area contributed by atoms with Gasteiger partial charge in [-0.25, -0.2) is 4.79 Å². The quantitative estimate of drug-likeness (QED) is 0.0230. The predicted octanol–water partition coefficient (Wildman–Crippen LogP) is 9.99. The topological polar surface area (TPSA) is 145 Å². The van der Waals surface area contributed by atoms with Gasteiger partial charge >= 0.3 is 80.4 Å². The summed E-state index contributed by atoms with van der Waals surface area (Å²) in [5.74, 6) is -0.787. The molecule has 0 aromatic heterocycles. The van der Waals surface area contributed by atoms with Gasteiger partial charge < -0.3 is 51.2 Å². The molecule has 0 heterocycles. The molecule has 0 rings (SSSR count). The van der Waals surface area contributed by atoms with E-state index in [9.17, 15) is 9.59 Å². The lowest BCUT2D eigenvalue weighted by Gasteiger charge is -2.45. The van der Waals surface area contributed by atoms with Gasteiger partial charge in [-0.05, 0) is 170 Å². The van der Waals surface area contributed by atoms with Crippen molar-refractivity contribution < 1.29 is 60.8 Å². The van der Waals surface area contributed by atoms with Gasteiger partial charge in [0.2, 0.25) is 0 Å². The first-order valence-corrected chi connectivity index (χ1v) is 49.2. The second kappa shape index (κ2) is 22.4. The number of esters is 2. The molecule has 0 amide bonds. The third kappa shape index (κ3) is 28.2. The normalized spacial score (nSPS) is 15.8. The lowest BCUT2D eigenvalue weighted by Crippen LogP contribution is -2.62. The molecule has 2 atom stereocenters. The Morgan fingerprint density at radius 1 is 0.466 bits per heavy atom. The molecule has 0 aromatic carbocycles. The third-order valence-electron chi connectivity index (χ3n) is 7.46. The van der Waals surface area contributed by atoms with Crippen molar-refractivity contribution in [3.8, 4) is 0 Å². The zero-order valence-corrected chi connectivity index (χ0v) is 50.7. The average molecular weight is 998 g/mol. The number of hydrogen-bond acceptors (Lipinski definition) is 14. The van der Waals surface area contributed by atoms with Gasteiger partial charge in [0.1, 0.15) is 0 Å². The molecule has 344 valence electrons. The Bertz CT molecular complexity index is 1340. The summed E-state index contributed by atoms with van der Waals surface area (Å²) in [6, 6.07) is 1.55. The molecule has 24 heteroatoms. The third-order valence-corrected chi connectivity index (χ3v) is 46.2. The van der Waals surface area contributed by atoms with E-state index in [0.29, 0.717) is 31.6 Å². The maximum absolute atomic E-state index is 11.9. The average Bonchev–Trinajstić information content (AvgIpc) is 2.86. The van der Waals surface area contributed by atoms with Crippen LogP contribution >= 0.6 is 0 Å². The van der Waals surface area contributed by atoms with Gasteiger partial charge in [0.25, 0.3) is 0 Å². The van der Waals surface area contributed by atoms with Crippen LogP contribution in [0.25, 0.3) is 0 Å². The molecule has 14 nitrogen and oxygen atoms in total. The molecule has 0 aromatic rings. The molecule has 2 unspecified atom stereocenters. The summed E-state index contributed by atoms with van der Waals surface area (Å²) in [4.78, 5) is 23.3. The van der Waals surface area contributed by atoms with Crippen LogP contribution in [0.1, 0.15) is 33.6 Å². The second-order valence-corrected chi connectivity index (χ2v) is 57.7. The van der Waals surface area contributed by atoms with Crippen LogP contribution in [0.2, 0.25) is 143 Å². The molecule has 0 saturated heterocycles. The van der Waals surface area contributed by atoms with E-state index < -0.39 is 97.4 Å². The molecule has 0 aliphatic heterocycles. The summed E-state index contributed by atoms with van der Waals surface area (Å²) in [7, 11) is -25.7. The predicted molar refractivity (Wildman–Crippen MR) is 256 cm³/mol. The van der Waals surface area contributed by atoms with E-state index in [4.69, 9.17) is 51.2 Å². The minimum atomic E-state index is -2.80. The number of rotatable bonds is 29. The van der Waals surface area contributed by atoms with Crippen LogP contribution in [0, 0.1) is 0 Å². The fourth-order valence-electron chi connectivity index (χ4n) is 7.51. The van der Waals surface area contributed by atoms with E-state index in [2.05, 4.69) is 85.1 Å². The van der Waals surface area contributed by atoms with Gasteiger partial charge in [-0.15, -0.1) is 0 Å². The Morgan fingerprint density at radius 3 is 1.05 bits per heavy atom. The van der Waals surface area contributed by atoms with Crippen molar-refractivity contribution in [1.29, 1.82) is 0 Å². The largest absolute Gasteiger partial charge is 0.466 e. The number of carbonyl (C=O) groups excluding carboxylic acids is 2. The Morgan fingerprint density at radius 2 is 0.759 bits per heavy atom. The minimum absolute atomic E-state index is 0.303. The lowest BCUT2D eigenvalue weighted by molar-refractivity contribution is -0.170. The van der Waals surface area contributed by atoms with Crippen molar-refractivity contribution in [2.45, 2.75) is 183 Å². The van der Waals surface area contributed by atoms with Crippen LogP contribution < -0.4 is 0 Å². The number of ether oxygens (including phenoxy) is 3. The first-order chi connectivity index (χ1) is 25.5. The van der Waals surface area contributed by atoms with Gasteiger partial charge in [0.05, 0.1) is 13.2 Å². The summed E-state index contributed by atoms with van der Waals surface area (Å²) in [6.45, 7) is 50.7. The summed E-state index contributed by atoms with van der Waals surface area (Å²) in [6.07, 6.45) is 0.697. The highest BCUT2D eigenvalue weighted by atomic mass is 28.5. The molecular weight excluding hydrogens is 913 g/mol. The summed E-state index contributed by atoms with van der Waals surface area (Å²) in [5, 5.41) is 0. The molecule has 0 fully saturated rings. The standard InChI is InChI=1S/C34H84O14Si10/c1-31(2)34(36)39-33(4)38-28-26-30-58(24,29-25-27-37-32(3)35)48-57(22,23)47-56(20,21)46-55(18,19)45-54(16,17)44-53(14,15)43-52(12,13)42-51(10,11)41-50(8,9)40-49(5,6)7/h33H,1,25-30H2,2-24H3. The smallest absolute Gasteiger partial charge is 0.335 e. The van der Waals surface area contributed by atoms with E-state index >= 15 is 0 Å². The van der Waals surface area contributed by atoms with Gasteiger partial charge in [0, 0.05) is 12.5 Å². The molecule has 58 heavy (non-hydrogen) atoms. The fourth-order valence-corrected chi connectivity index (χ4v) is 58.5. The highest BCUT2D eigenvalue weighted by Gasteiger charge is 2.50.